The van der Waals surface area contributed by atoms with Gasteiger partial charge in [0.25, 0.3) is 0 Å². The molecule has 2 fully saturated rings. The topological polar surface area (TPSA) is 33.5 Å². The number of ether oxygens (including phenoxy) is 1. The number of fused-ring (bicyclic) bond motifs is 1. The normalized spacial score (nSPS) is 23.1. The van der Waals surface area contributed by atoms with E-state index < -0.39 is 0 Å². The van der Waals surface area contributed by atoms with Gasteiger partial charge in [0.1, 0.15) is 0 Å². The molecule has 0 N–H and O–H groups in total. The maximum absolute atomic E-state index is 5.89. The molecule has 0 saturated carbocycles. The van der Waals surface area contributed by atoms with E-state index in [1.54, 1.807) is 0 Å². The van der Waals surface area contributed by atoms with E-state index in [0.717, 1.165) is 37.9 Å². The summed E-state index contributed by atoms with van der Waals surface area (Å²) in [6.45, 7) is 8.37. The Hall–Kier alpha value is -1.07. The van der Waals surface area contributed by atoms with Crippen molar-refractivity contribution in [1.29, 1.82) is 0 Å². The van der Waals surface area contributed by atoms with Crippen LogP contribution in [-0.2, 0) is 13.0 Å². The summed E-state index contributed by atoms with van der Waals surface area (Å²) in [5.41, 5.74) is 1.35. The fraction of sp³-hybridized carbons (Fsp3) is 0.857. The first kappa shape index (κ1) is 18.3. The number of unbranched alkanes of at least 4 members (excludes halogenated alkanes) is 1. The maximum atomic E-state index is 5.89. The van der Waals surface area contributed by atoms with Crippen molar-refractivity contribution in [3.05, 3.63) is 11.8 Å². The predicted octanol–water partition coefficient (Wildman–Crippen LogP) is 3.33. The third kappa shape index (κ3) is 4.80. The van der Waals surface area contributed by atoms with Crippen molar-refractivity contribution in [3.8, 4) is 5.88 Å². The lowest BCUT2D eigenvalue weighted by atomic mass is 10.00. The molecule has 0 aliphatic carbocycles. The molecule has 0 bridgehead atoms. The summed E-state index contributed by atoms with van der Waals surface area (Å²) in [5.74, 6) is 0.837. The predicted molar refractivity (Wildman–Crippen MR) is 105 cm³/mol. The zero-order chi connectivity index (χ0) is 17.6. The first-order valence-corrected chi connectivity index (χ1v) is 11.0. The average Bonchev–Trinajstić information content (AvgIpc) is 3.12. The molecule has 26 heavy (non-hydrogen) atoms. The zero-order valence-electron chi connectivity index (χ0n) is 16.4. The van der Waals surface area contributed by atoms with Gasteiger partial charge < -0.3 is 14.5 Å². The molecule has 0 spiro atoms. The van der Waals surface area contributed by atoms with Crippen LogP contribution in [0.2, 0.25) is 0 Å². The molecule has 5 heteroatoms. The van der Waals surface area contributed by atoms with Crippen LogP contribution >= 0.6 is 0 Å². The molecule has 0 unspecified atom stereocenters. The SMILES string of the molecule is c1c(OCCCCN2CCC(N3CCCCC3)CC2)nn2c1CCCC2. The third-order valence-electron chi connectivity index (χ3n) is 6.48. The van der Waals surface area contributed by atoms with Gasteiger partial charge in [0, 0.05) is 24.3 Å². The minimum absolute atomic E-state index is 0.806. The van der Waals surface area contributed by atoms with Crippen LogP contribution in [-0.4, -0.2) is 65.0 Å². The van der Waals surface area contributed by atoms with Crippen LogP contribution in [0.1, 0.15) is 63.5 Å². The number of rotatable bonds is 7. The van der Waals surface area contributed by atoms with Crippen LogP contribution in [0.5, 0.6) is 5.88 Å². The molecular formula is C21H36N4O. The lowest BCUT2D eigenvalue weighted by molar-refractivity contribution is 0.0912. The van der Waals surface area contributed by atoms with Crippen LogP contribution < -0.4 is 4.74 Å². The molecular weight excluding hydrogens is 324 g/mol. The Morgan fingerprint density at radius 3 is 2.54 bits per heavy atom. The second-order valence-corrected chi connectivity index (χ2v) is 8.38. The average molecular weight is 361 g/mol. The van der Waals surface area contributed by atoms with Gasteiger partial charge in [-0.15, -0.1) is 5.10 Å². The standard InChI is InChI=1S/C21H36N4O/c1-3-12-24(13-4-1)19-9-15-23(16-10-19)11-6-7-17-26-21-18-20-8-2-5-14-25(20)22-21/h18-19H,1-17H2. The molecule has 1 aromatic heterocycles. The molecule has 0 radical (unpaired) electrons. The first-order valence-electron chi connectivity index (χ1n) is 11.0. The van der Waals surface area contributed by atoms with Gasteiger partial charge in [-0.1, -0.05) is 6.42 Å². The van der Waals surface area contributed by atoms with Gasteiger partial charge in [-0.25, -0.2) is 0 Å². The van der Waals surface area contributed by atoms with Crippen LogP contribution in [0, 0.1) is 0 Å². The Morgan fingerprint density at radius 2 is 1.73 bits per heavy atom. The lowest BCUT2D eigenvalue weighted by Gasteiger charge is -2.40. The summed E-state index contributed by atoms with van der Waals surface area (Å²) in [4.78, 5) is 5.43. The number of hydrogen-bond acceptors (Lipinski definition) is 4. The van der Waals surface area contributed by atoms with E-state index in [1.807, 2.05) is 0 Å². The van der Waals surface area contributed by atoms with E-state index >= 15 is 0 Å². The Morgan fingerprint density at radius 1 is 0.923 bits per heavy atom. The van der Waals surface area contributed by atoms with E-state index in [2.05, 4.69) is 25.6 Å². The van der Waals surface area contributed by atoms with Gasteiger partial charge in [-0.3, -0.25) is 4.68 Å². The van der Waals surface area contributed by atoms with E-state index in [1.165, 1.54) is 89.8 Å². The molecule has 3 aliphatic heterocycles. The first-order chi connectivity index (χ1) is 12.9. The Kier molecular flexibility index (Phi) is 6.49. The van der Waals surface area contributed by atoms with E-state index in [-0.39, 0.29) is 0 Å². The highest BCUT2D eigenvalue weighted by molar-refractivity contribution is 5.16. The molecule has 4 heterocycles. The number of piperidine rings is 2. The van der Waals surface area contributed by atoms with Gasteiger partial charge in [0.15, 0.2) is 0 Å². The largest absolute Gasteiger partial charge is 0.477 e. The number of likely N-dealkylation sites (tertiary alicyclic amines) is 2. The highest BCUT2D eigenvalue weighted by atomic mass is 16.5. The van der Waals surface area contributed by atoms with Crippen LogP contribution in [0.15, 0.2) is 6.07 Å². The van der Waals surface area contributed by atoms with Crippen LogP contribution in [0.25, 0.3) is 0 Å². The molecule has 2 saturated heterocycles. The van der Waals surface area contributed by atoms with E-state index in [4.69, 9.17) is 4.74 Å². The molecule has 3 aliphatic rings. The zero-order valence-corrected chi connectivity index (χ0v) is 16.4. The smallest absolute Gasteiger partial charge is 0.232 e. The molecule has 146 valence electrons. The monoisotopic (exact) mass is 360 g/mol. The summed E-state index contributed by atoms with van der Waals surface area (Å²) in [6.07, 6.45) is 13.1. The van der Waals surface area contributed by atoms with Crippen molar-refractivity contribution in [2.75, 3.05) is 39.3 Å². The van der Waals surface area contributed by atoms with Crippen molar-refractivity contribution < 1.29 is 4.74 Å². The van der Waals surface area contributed by atoms with Crippen molar-refractivity contribution in [2.45, 2.75) is 76.8 Å². The minimum Gasteiger partial charge on any atom is -0.477 e. The molecule has 0 amide bonds. The molecule has 0 aromatic carbocycles. The summed E-state index contributed by atoms with van der Waals surface area (Å²) < 4.78 is 8.02. The summed E-state index contributed by atoms with van der Waals surface area (Å²) in [5, 5.41) is 4.57. The van der Waals surface area contributed by atoms with Crippen LogP contribution in [0.3, 0.4) is 0 Å². The van der Waals surface area contributed by atoms with Gasteiger partial charge >= 0.3 is 0 Å². The summed E-state index contributed by atoms with van der Waals surface area (Å²) in [6, 6.07) is 3.01. The summed E-state index contributed by atoms with van der Waals surface area (Å²) in [7, 11) is 0. The van der Waals surface area contributed by atoms with Crippen molar-refractivity contribution in [3.63, 3.8) is 0 Å². The fourth-order valence-electron chi connectivity index (χ4n) is 4.87. The molecule has 1 aromatic rings. The quantitative estimate of drug-likeness (QED) is 0.699. The maximum Gasteiger partial charge on any atom is 0.232 e. The number of aryl methyl sites for hydroxylation is 2. The molecule has 0 atom stereocenters. The van der Waals surface area contributed by atoms with Gasteiger partial charge in [0.05, 0.1) is 6.61 Å². The van der Waals surface area contributed by atoms with Crippen molar-refractivity contribution >= 4 is 0 Å². The van der Waals surface area contributed by atoms with Gasteiger partial charge in [-0.05, 0) is 90.5 Å². The Balaban J connectivity index is 1.08. The van der Waals surface area contributed by atoms with Crippen molar-refractivity contribution in [2.24, 2.45) is 0 Å². The Labute approximate surface area is 158 Å². The molecule has 5 nitrogen and oxygen atoms in total. The Bertz CT molecular complexity index is 521. The van der Waals surface area contributed by atoms with Crippen molar-refractivity contribution in [1.82, 2.24) is 19.6 Å². The minimum atomic E-state index is 0.806. The van der Waals surface area contributed by atoms with E-state index in [9.17, 15) is 0 Å². The molecule has 4 rings (SSSR count). The summed E-state index contributed by atoms with van der Waals surface area (Å²) >= 11 is 0. The third-order valence-corrected chi connectivity index (χ3v) is 6.48. The highest BCUT2D eigenvalue weighted by Gasteiger charge is 2.25. The fourth-order valence-corrected chi connectivity index (χ4v) is 4.87. The van der Waals surface area contributed by atoms with Gasteiger partial charge in [0.2, 0.25) is 5.88 Å². The highest BCUT2D eigenvalue weighted by Crippen LogP contribution is 2.21. The van der Waals surface area contributed by atoms with Gasteiger partial charge in [-0.2, -0.15) is 0 Å². The second-order valence-electron chi connectivity index (χ2n) is 8.38. The number of nitrogens with zero attached hydrogens (tertiary/aromatic N) is 4. The number of aromatic nitrogens is 2. The lowest BCUT2D eigenvalue weighted by Crippen LogP contribution is -2.46. The second kappa shape index (κ2) is 9.23. The van der Waals surface area contributed by atoms with E-state index in [0.29, 0.717) is 0 Å². The number of hydrogen-bond donors (Lipinski definition) is 0. The van der Waals surface area contributed by atoms with Crippen LogP contribution in [0.4, 0.5) is 0 Å².